The number of aliphatic hydroxyl groups excluding tert-OH is 1. The third-order valence-electron chi connectivity index (χ3n) is 6.81. The number of rotatable bonds is 9. The molecular formula is C25H38N4O3. The van der Waals surface area contributed by atoms with Crippen LogP contribution in [0.4, 0.5) is 5.95 Å². The molecule has 1 atom stereocenters. The molecule has 0 unspecified atom stereocenters. The van der Waals surface area contributed by atoms with Crippen LogP contribution >= 0.6 is 0 Å². The fraction of sp³-hybridized carbons (Fsp3) is 0.720. The Balaban J connectivity index is 1.60. The molecule has 3 heterocycles. The van der Waals surface area contributed by atoms with Gasteiger partial charge in [-0.1, -0.05) is 26.2 Å². The summed E-state index contributed by atoms with van der Waals surface area (Å²) in [7, 11) is 0. The van der Waals surface area contributed by atoms with Crippen LogP contribution in [0.2, 0.25) is 0 Å². The fourth-order valence-corrected chi connectivity index (χ4v) is 4.81. The number of anilines is 1. The number of pyridine rings is 1. The molecule has 2 aromatic rings. The highest BCUT2D eigenvalue weighted by Crippen LogP contribution is 2.38. The molecule has 2 aromatic heterocycles. The zero-order valence-electron chi connectivity index (χ0n) is 19.6. The summed E-state index contributed by atoms with van der Waals surface area (Å²) in [5.74, 6) is 1.64. The molecule has 176 valence electrons. The van der Waals surface area contributed by atoms with Crippen LogP contribution in [0, 0.1) is 0 Å². The molecule has 7 heteroatoms. The summed E-state index contributed by atoms with van der Waals surface area (Å²) < 4.78 is 11.7. The number of fused-ring (bicyclic) bond motifs is 1. The van der Waals surface area contributed by atoms with Crippen molar-refractivity contribution in [2.75, 3.05) is 18.5 Å². The molecule has 7 nitrogen and oxygen atoms in total. The third-order valence-corrected chi connectivity index (χ3v) is 6.81. The lowest BCUT2D eigenvalue weighted by atomic mass is 9.83. The average Bonchev–Trinajstić information content (AvgIpc) is 2.81. The van der Waals surface area contributed by atoms with Gasteiger partial charge >= 0.3 is 0 Å². The number of hydrogen-bond acceptors (Lipinski definition) is 7. The van der Waals surface area contributed by atoms with Crippen LogP contribution in [0.25, 0.3) is 10.9 Å². The summed E-state index contributed by atoms with van der Waals surface area (Å²) in [4.78, 5) is 14.3. The standard InChI is InChI=1S/C25H38N4O3/c1-3-4-5-6-17(2)28-25-27-16-22-23(29-25)21(18-7-9-19(30)10-8-18)15-26-24(22)32-20-11-13-31-14-12-20/h15-20,30H,3-14H2,1-2H3,(H,27,28,29)/t17-,18?,19?/m0/s1. The molecular weight excluding hydrogens is 404 g/mol. The van der Waals surface area contributed by atoms with Gasteiger partial charge in [-0.25, -0.2) is 15.0 Å². The highest BCUT2D eigenvalue weighted by Gasteiger charge is 2.26. The second-order valence-electron chi connectivity index (χ2n) is 9.45. The second kappa shape index (κ2) is 11.2. The van der Waals surface area contributed by atoms with Crippen molar-refractivity contribution < 1.29 is 14.6 Å². The Labute approximate surface area is 191 Å². The van der Waals surface area contributed by atoms with Crippen molar-refractivity contribution in [1.29, 1.82) is 0 Å². The first kappa shape index (κ1) is 23.2. The van der Waals surface area contributed by atoms with E-state index >= 15 is 0 Å². The Kier molecular flexibility index (Phi) is 8.14. The Morgan fingerprint density at radius 2 is 1.88 bits per heavy atom. The van der Waals surface area contributed by atoms with Crippen LogP contribution in [-0.2, 0) is 4.74 Å². The Morgan fingerprint density at radius 3 is 2.62 bits per heavy atom. The average molecular weight is 443 g/mol. The molecule has 2 aliphatic rings. The molecule has 2 fully saturated rings. The fourth-order valence-electron chi connectivity index (χ4n) is 4.81. The lowest BCUT2D eigenvalue weighted by Gasteiger charge is -2.27. The van der Waals surface area contributed by atoms with Crippen molar-refractivity contribution in [1.82, 2.24) is 15.0 Å². The largest absolute Gasteiger partial charge is 0.474 e. The van der Waals surface area contributed by atoms with Crippen LogP contribution in [-0.4, -0.2) is 51.5 Å². The summed E-state index contributed by atoms with van der Waals surface area (Å²) in [6, 6.07) is 0.326. The van der Waals surface area contributed by atoms with Gasteiger partial charge in [0.15, 0.2) is 0 Å². The van der Waals surface area contributed by atoms with E-state index in [9.17, 15) is 5.11 Å². The molecule has 1 saturated heterocycles. The first-order valence-corrected chi connectivity index (χ1v) is 12.5. The van der Waals surface area contributed by atoms with Crippen LogP contribution in [0.1, 0.15) is 89.5 Å². The predicted molar refractivity (Wildman–Crippen MR) is 126 cm³/mol. The molecule has 0 spiro atoms. The van der Waals surface area contributed by atoms with E-state index in [1.807, 2.05) is 12.4 Å². The SMILES string of the molecule is CCCCC[C@H](C)Nc1ncc2c(OC3CCOCC3)ncc(C3CCC(O)CC3)c2n1. The lowest BCUT2D eigenvalue weighted by molar-refractivity contribution is 0.0244. The maximum Gasteiger partial charge on any atom is 0.224 e. The minimum Gasteiger partial charge on any atom is -0.474 e. The molecule has 2 N–H and O–H groups in total. The van der Waals surface area contributed by atoms with E-state index in [-0.39, 0.29) is 12.2 Å². The summed E-state index contributed by atoms with van der Waals surface area (Å²) >= 11 is 0. The van der Waals surface area contributed by atoms with Gasteiger partial charge in [0.25, 0.3) is 0 Å². The maximum absolute atomic E-state index is 9.96. The van der Waals surface area contributed by atoms with Crippen molar-refractivity contribution in [3.63, 3.8) is 0 Å². The molecule has 32 heavy (non-hydrogen) atoms. The van der Waals surface area contributed by atoms with E-state index in [0.29, 0.717) is 23.8 Å². The lowest BCUT2D eigenvalue weighted by Crippen LogP contribution is -2.26. The smallest absolute Gasteiger partial charge is 0.224 e. The Hall–Kier alpha value is -1.99. The van der Waals surface area contributed by atoms with Crippen molar-refractivity contribution >= 4 is 16.9 Å². The molecule has 0 amide bonds. The van der Waals surface area contributed by atoms with Gasteiger partial charge in [-0.3, -0.25) is 0 Å². The van der Waals surface area contributed by atoms with Gasteiger partial charge in [-0.2, -0.15) is 0 Å². The molecule has 1 aliphatic heterocycles. The zero-order valence-corrected chi connectivity index (χ0v) is 19.6. The van der Waals surface area contributed by atoms with E-state index in [1.165, 1.54) is 19.3 Å². The van der Waals surface area contributed by atoms with E-state index in [4.69, 9.17) is 19.4 Å². The van der Waals surface area contributed by atoms with Gasteiger partial charge < -0.3 is 19.9 Å². The topological polar surface area (TPSA) is 89.4 Å². The number of nitrogens with one attached hydrogen (secondary N) is 1. The number of ether oxygens (including phenoxy) is 2. The van der Waals surface area contributed by atoms with Crippen LogP contribution < -0.4 is 10.1 Å². The van der Waals surface area contributed by atoms with Crippen molar-refractivity contribution in [2.45, 2.75) is 102 Å². The molecule has 0 bridgehead atoms. The zero-order chi connectivity index (χ0) is 22.3. The van der Waals surface area contributed by atoms with Crippen molar-refractivity contribution in [2.24, 2.45) is 0 Å². The summed E-state index contributed by atoms with van der Waals surface area (Å²) in [6.07, 6.45) is 13.9. The number of nitrogens with zero attached hydrogens (tertiary/aromatic N) is 3. The number of aromatic nitrogens is 3. The highest BCUT2D eigenvalue weighted by molar-refractivity contribution is 5.86. The first-order chi connectivity index (χ1) is 15.6. The molecule has 0 radical (unpaired) electrons. The summed E-state index contributed by atoms with van der Waals surface area (Å²) in [6.45, 7) is 5.88. The summed E-state index contributed by atoms with van der Waals surface area (Å²) in [5, 5.41) is 14.3. The minimum absolute atomic E-state index is 0.117. The normalized spacial score (nSPS) is 23.2. The quantitative estimate of drug-likeness (QED) is 0.529. The Bertz CT molecular complexity index is 864. The Morgan fingerprint density at radius 1 is 1.09 bits per heavy atom. The molecule has 0 aromatic carbocycles. The third kappa shape index (κ3) is 5.87. The molecule has 1 saturated carbocycles. The van der Waals surface area contributed by atoms with E-state index in [2.05, 4.69) is 24.1 Å². The summed E-state index contributed by atoms with van der Waals surface area (Å²) in [5.41, 5.74) is 2.08. The molecule has 4 rings (SSSR count). The van der Waals surface area contributed by atoms with Gasteiger partial charge in [0, 0.05) is 36.8 Å². The maximum atomic E-state index is 9.96. The number of aliphatic hydroxyl groups is 1. The highest BCUT2D eigenvalue weighted by atomic mass is 16.5. The number of hydrogen-bond donors (Lipinski definition) is 2. The molecule has 1 aliphatic carbocycles. The van der Waals surface area contributed by atoms with Crippen molar-refractivity contribution in [3.05, 3.63) is 18.0 Å². The van der Waals surface area contributed by atoms with Crippen LogP contribution in [0.15, 0.2) is 12.4 Å². The van der Waals surface area contributed by atoms with Gasteiger partial charge in [0.05, 0.1) is 30.2 Å². The van der Waals surface area contributed by atoms with Gasteiger partial charge in [0.1, 0.15) is 6.10 Å². The van der Waals surface area contributed by atoms with Gasteiger partial charge in [-0.05, 0) is 44.9 Å². The number of unbranched alkanes of at least 4 members (excludes halogenated alkanes) is 2. The second-order valence-corrected chi connectivity index (χ2v) is 9.45. The van der Waals surface area contributed by atoms with E-state index in [0.717, 1.165) is 74.6 Å². The van der Waals surface area contributed by atoms with Crippen LogP contribution in [0.3, 0.4) is 0 Å². The van der Waals surface area contributed by atoms with Crippen molar-refractivity contribution in [3.8, 4) is 5.88 Å². The van der Waals surface area contributed by atoms with E-state index < -0.39 is 0 Å². The van der Waals surface area contributed by atoms with Gasteiger partial charge in [-0.15, -0.1) is 0 Å². The minimum atomic E-state index is -0.183. The van der Waals surface area contributed by atoms with Gasteiger partial charge in [0.2, 0.25) is 11.8 Å². The van der Waals surface area contributed by atoms with E-state index in [1.54, 1.807) is 0 Å². The first-order valence-electron chi connectivity index (χ1n) is 12.5. The van der Waals surface area contributed by atoms with Crippen LogP contribution in [0.5, 0.6) is 5.88 Å². The predicted octanol–water partition coefficient (Wildman–Crippen LogP) is 4.98. The monoisotopic (exact) mass is 442 g/mol.